The molecule has 0 fully saturated rings. The number of hydrogen-bond donors (Lipinski definition) is 1. The van der Waals surface area contributed by atoms with E-state index >= 15 is 0 Å². The Kier molecular flexibility index (Phi) is 4.08. The smallest absolute Gasteiger partial charge is 0.127 e. The maximum absolute atomic E-state index is 13.8. The fourth-order valence-electron chi connectivity index (χ4n) is 1.49. The first-order valence-electron chi connectivity index (χ1n) is 5.02. The minimum Gasteiger partial charge on any atom is -0.317 e. The van der Waals surface area contributed by atoms with Crippen LogP contribution in [-0.2, 0) is 0 Å². The van der Waals surface area contributed by atoms with E-state index in [0.717, 1.165) is 11.1 Å². The molecule has 78 valence electrons. The summed E-state index contributed by atoms with van der Waals surface area (Å²) in [5.74, 6) is 0. The van der Waals surface area contributed by atoms with E-state index in [-0.39, 0.29) is 6.04 Å². The Morgan fingerprint density at radius 3 is 2.57 bits per heavy atom. The van der Waals surface area contributed by atoms with Gasteiger partial charge in [-0.15, -0.1) is 0 Å². The highest BCUT2D eigenvalue weighted by Crippen LogP contribution is 2.25. The molecule has 0 bridgehead atoms. The highest BCUT2D eigenvalue weighted by atomic mass is 19.1. The molecule has 0 aliphatic heterocycles. The number of rotatable bonds is 4. The lowest BCUT2D eigenvalue weighted by molar-refractivity contribution is 0.294. The van der Waals surface area contributed by atoms with Crippen molar-refractivity contribution in [2.24, 2.45) is 0 Å². The van der Waals surface area contributed by atoms with Gasteiger partial charge in [0.2, 0.25) is 0 Å². The van der Waals surface area contributed by atoms with E-state index in [4.69, 9.17) is 0 Å². The molecule has 0 saturated carbocycles. The first kappa shape index (κ1) is 11.2. The first-order chi connectivity index (χ1) is 6.65. The maximum atomic E-state index is 13.8. The van der Waals surface area contributed by atoms with Gasteiger partial charge in [0.05, 0.1) is 0 Å². The number of nitrogens with one attached hydrogen (secondary N) is 1. The van der Waals surface area contributed by atoms with Gasteiger partial charge >= 0.3 is 0 Å². The molecule has 2 atom stereocenters. The van der Waals surface area contributed by atoms with Gasteiger partial charge in [0.15, 0.2) is 0 Å². The van der Waals surface area contributed by atoms with Crippen molar-refractivity contribution in [1.29, 1.82) is 0 Å². The van der Waals surface area contributed by atoms with Gasteiger partial charge < -0.3 is 5.32 Å². The van der Waals surface area contributed by atoms with E-state index in [9.17, 15) is 4.39 Å². The van der Waals surface area contributed by atoms with Gasteiger partial charge in [-0.2, -0.15) is 0 Å². The largest absolute Gasteiger partial charge is 0.317 e. The number of aryl methyl sites for hydroxylation is 1. The predicted octanol–water partition coefficient (Wildman–Crippen LogP) is 3.00. The first-order valence-corrected chi connectivity index (χ1v) is 5.02. The lowest BCUT2D eigenvalue weighted by Gasteiger charge is -2.15. The Labute approximate surface area is 85.3 Å². The Hall–Kier alpha value is -0.890. The van der Waals surface area contributed by atoms with Gasteiger partial charge in [-0.3, -0.25) is 0 Å². The third-order valence-electron chi connectivity index (χ3n) is 2.58. The molecule has 0 spiro atoms. The zero-order valence-corrected chi connectivity index (χ0v) is 9.05. The third-order valence-corrected chi connectivity index (χ3v) is 2.58. The highest BCUT2D eigenvalue weighted by molar-refractivity contribution is 5.27. The molecule has 0 aromatic heterocycles. The topological polar surface area (TPSA) is 12.0 Å². The normalized spacial score (nSPS) is 15.1. The molecule has 2 unspecified atom stereocenters. The summed E-state index contributed by atoms with van der Waals surface area (Å²) >= 11 is 0. The highest BCUT2D eigenvalue weighted by Gasteiger charge is 2.14. The lowest BCUT2D eigenvalue weighted by atomic mass is 10.00. The molecule has 1 nitrogen and oxygen atoms in total. The van der Waals surface area contributed by atoms with Crippen LogP contribution in [0.4, 0.5) is 4.39 Å². The van der Waals surface area contributed by atoms with Crippen molar-refractivity contribution in [2.45, 2.75) is 32.5 Å². The average molecular weight is 195 g/mol. The van der Waals surface area contributed by atoms with Crippen LogP contribution in [0.3, 0.4) is 0 Å². The minimum atomic E-state index is -0.862. The minimum absolute atomic E-state index is 0.213. The lowest BCUT2D eigenvalue weighted by Crippen LogP contribution is -2.22. The SMILES string of the molecule is CNC(C)CC(F)c1ccccc1C. The standard InChI is InChI=1S/C12H18FN/c1-9-6-4-5-7-11(9)12(13)8-10(2)14-3/h4-7,10,12,14H,8H2,1-3H3. The van der Waals surface area contributed by atoms with Crippen molar-refractivity contribution in [3.8, 4) is 0 Å². The van der Waals surface area contributed by atoms with E-state index in [1.54, 1.807) is 0 Å². The van der Waals surface area contributed by atoms with Crippen molar-refractivity contribution in [3.05, 3.63) is 35.4 Å². The van der Waals surface area contributed by atoms with Crippen molar-refractivity contribution >= 4 is 0 Å². The molecule has 14 heavy (non-hydrogen) atoms. The zero-order valence-electron chi connectivity index (χ0n) is 9.05. The Morgan fingerprint density at radius 1 is 1.36 bits per heavy atom. The van der Waals surface area contributed by atoms with E-state index in [0.29, 0.717) is 6.42 Å². The summed E-state index contributed by atoms with van der Waals surface area (Å²) in [6, 6.07) is 7.85. The molecule has 1 rings (SSSR count). The Bertz CT molecular complexity index is 285. The van der Waals surface area contributed by atoms with Crippen LogP contribution in [0.1, 0.15) is 30.6 Å². The average Bonchev–Trinajstić information content (AvgIpc) is 2.18. The molecular weight excluding hydrogens is 177 g/mol. The molecular formula is C12H18FN. The summed E-state index contributed by atoms with van der Waals surface area (Å²) in [5, 5.41) is 3.05. The van der Waals surface area contributed by atoms with Crippen LogP contribution in [-0.4, -0.2) is 13.1 Å². The molecule has 0 heterocycles. The van der Waals surface area contributed by atoms with Gasteiger partial charge in [-0.05, 0) is 38.4 Å². The number of hydrogen-bond acceptors (Lipinski definition) is 1. The van der Waals surface area contributed by atoms with Crippen molar-refractivity contribution in [3.63, 3.8) is 0 Å². The monoisotopic (exact) mass is 195 g/mol. The summed E-state index contributed by atoms with van der Waals surface area (Å²) in [6.45, 7) is 3.94. The van der Waals surface area contributed by atoms with Crippen LogP contribution in [0.2, 0.25) is 0 Å². The van der Waals surface area contributed by atoms with Gasteiger partial charge in [-0.1, -0.05) is 24.3 Å². The predicted molar refractivity (Wildman–Crippen MR) is 58.2 cm³/mol. The Morgan fingerprint density at radius 2 is 2.00 bits per heavy atom. The summed E-state index contributed by atoms with van der Waals surface area (Å²) in [4.78, 5) is 0. The van der Waals surface area contributed by atoms with E-state index in [1.807, 2.05) is 45.2 Å². The summed E-state index contributed by atoms with van der Waals surface area (Å²) in [6.07, 6.45) is -0.333. The van der Waals surface area contributed by atoms with Crippen molar-refractivity contribution in [2.75, 3.05) is 7.05 Å². The third kappa shape index (κ3) is 2.81. The fourth-order valence-corrected chi connectivity index (χ4v) is 1.49. The molecule has 0 aliphatic rings. The van der Waals surface area contributed by atoms with Crippen LogP contribution < -0.4 is 5.32 Å². The van der Waals surface area contributed by atoms with Gasteiger partial charge in [0.1, 0.15) is 6.17 Å². The van der Waals surface area contributed by atoms with Crippen LogP contribution >= 0.6 is 0 Å². The molecule has 1 aromatic rings. The second kappa shape index (κ2) is 5.11. The zero-order chi connectivity index (χ0) is 10.6. The fraction of sp³-hybridized carbons (Fsp3) is 0.500. The summed E-state index contributed by atoms with van der Waals surface area (Å²) < 4.78 is 13.8. The number of benzene rings is 1. The molecule has 0 saturated heterocycles. The molecule has 2 heteroatoms. The van der Waals surface area contributed by atoms with Gasteiger partial charge in [0, 0.05) is 6.04 Å². The van der Waals surface area contributed by atoms with Gasteiger partial charge in [0.25, 0.3) is 0 Å². The second-order valence-electron chi connectivity index (χ2n) is 3.75. The molecule has 0 amide bonds. The summed E-state index contributed by atoms with van der Waals surface area (Å²) in [5.41, 5.74) is 1.85. The molecule has 1 aromatic carbocycles. The van der Waals surface area contributed by atoms with E-state index in [2.05, 4.69) is 5.32 Å². The van der Waals surface area contributed by atoms with Gasteiger partial charge in [-0.25, -0.2) is 4.39 Å². The molecule has 0 aliphatic carbocycles. The van der Waals surface area contributed by atoms with Crippen LogP contribution in [0.5, 0.6) is 0 Å². The summed E-state index contributed by atoms with van der Waals surface area (Å²) in [7, 11) is 1.86. The second-order valence-corrected chi connectivity index (χ2v) is 3.75. The number of halogens is 1. The quantitative estimate of drug-likeness (QED) is 0.778. The van der Waals surface area contributed by atoms with E-state index < -0.39 is 6.17 Å². The molecule has 1 N–H and O–H groups in total. The van der Waals surface area contributed by atoms with Crippen LogP contribution in [0.15, 0.2) is 24.3 Å². The van der Waals surface area contributed by atoms with Crippen LogP contribution in [0, 0.1) is 6.92 Å². The maximum Gasteiger partial charge on any atom is 0.127 e. The van der Waals surface area contributed by atoms with Crippen LogP contribution in [0.25, 0.3) is 0 Å². The van der Waals surface area contributed by atoms with Crippen molar-refractivity contribution in [1.82, 2.24) is 5.32 Å². The Balaban J connectivity index is 2.69. The van der Waals surface area contributed by atoms with Crippen molar-refractivity contribution < 1.29 is 4.39 Å². The number of alkyl halides is 1. The van der Waals surface area contributed by atoms with E-state index in [1.165, 1.54) is 0 Å². The molecule has 0 radical (unpaired) electrons.